The fraction of sp³-hybridized carbons (Fsp3) is 0.462. The van der Waals surface area contributed by atoms with Gasteiger partial charge in [-0.15, -0.1) is 0 Å². The minimum absolute atomic E-state index is 0.324. The van der Waals surface area contributed by atoms with E-state index in [9.17, 15) is 0 Å². The Hall–Kier alpha value is -1.31. The van der Waals surface area contributed by atoms with Gasteiger partial charge in [-0.1, -0.05) is 37.3 Å². The van der Waals surface area contributed by atoms with E-state index in [0.29, 0.717) is 6.04 Å². The normalized spacial score (nSPS) is 13.9. The molecule has 0 saturated heterocycles. The van der Waals surface area contributed by atoms with Crippen molar-refractivity contribution >= 4 is 5.84 Å². The van der Waals surface area contributed by atoms with Gasteiger partial charge < -0.3 is 5.73 Å². The van der Waals surface area contributed by atoms with Crippen molar-refractivity contribution in [3.8, 4) is 0 Å². The van der Waals surface area contributed by atoms with Crippen LogP contribution in [0.4, 0.5) is 0 Å². The summed E-state index contributed by atoms with van der Waals surface area (Å²) >= 11 is 0. The summed E-state index contributed by atoms with van der Waals surface area (Å²) in [6.45, 7) is 4.15. The second kappa shape index (κ2) is 6.23. The quantitative estimate of drug-likeness (QED) is 0.581. The number of hydrogen-bond donors (Lipinski definition) is 1. The third kappa shape index (κ3) is 4.63. The molecule has 2 nitrogen and oxygen atoms in total. The zero-order valence-electron chi connectivity index (χ0n) is 9.61. The van der Waals surface area contributed by atoms with E-state index in [4.69, 9.17) is 5.73 Å². The first-order chi connectivity index (χ1) is 7.22. The van der Waals surface area contributed by atoms with Gasteiger partial charge in [0, 0.05) is 12.5 Å². The Labute approximate surface area is 92.2 Å². The van der Waals surface area contributed by atoms with Crippen LogP contribution in [0.5, 0.6) is 0 Å². The molecule has 1 rings (SSSR count). The van der Waals surface area contributed by atoms with Crippen molar-refractivity contribution in [2.24, 2.45) is 10.7 Å². The molecule has 1 aromatic carbocycles. The first-order valence-corrected chi connectivity index (χ1v) is 5.58. The Bertz CT molecular complexity index is 304. The van der Waals surface area contributed by atoms with Crippen molar-refractivity contribution in [1.82, 2.24) is 0 Å². The molecule has 15 heavy (non-hydrogen) atoms. The number of rotatable bonds is 5. The number of benzene rings is 1. The molecule has 0 aromatic heterocycles. The van der Waals surface area contributed by atoms with Gasteiger partial charge in [0.2, 0.25) is 0 Å². The monoisotopic (exact) mass is 204 g/mol. The summed E-state index contributed by atoms with van der Waals surface area (Å²) in [6, 6.07) is 10.8. The highest BCUT2D eigenvalue weighted by Gasteiger charge is 2.00. The van der Waals surface area contributed by atoms with Crippen LogP contribution in [0.25, 0.3) is 0 Å². The van der Waals surface area contributed by atoms with Gasteiger partial charge in [0.05, 0.1) is 5.84 Å². The molecule has 0 aliphatic heterocycles. The van der Waals surface area contributed by atoms with E-state index in [1.165, 1.54) is 5.56 Å². The van der Waals surface area contributed by atoms with E-state index in [0.717, 1.165) is 25.1 Å². The summed E-state index contributed by atoms with van der Waals surface area (Å²) in [4.78, 5) is 4.40. The van der Waals surface area contributed by atoms with Crippen LogP contribution in [0.15, 0.2) is 35.3 Å². The minimum Gasteiger partial charge on any atom is -0.387 e. The number of aryl methyl sites for hydroxylation is 1. The van der Waals surface area contributed by atoms with Gasteiger partial charge >= 0.3 is 0 Å². The van der Waals surface area contributed by atoms with Gasteiger partial charge in [-0.05, 0) is 25.3 Å². The van der Waals surface area contributed by atoms with Crippen LogP contribution < -0.4 is 5.73 Å². The average molecular weight is 204 g/mol. The smallest absolute Gasteiger partial charge is 0.0937 e. The zero-order valence-corrected chi connectivity index (χ0v) is 9.61. The Kier molecular flexibility index (Phi) is 4.88. The highest BCUT2D eigenvalue weighted by molar-refractivity contribution is 5.80. The predicted octanol–water partition coefficient (Wildman–Crippen LogP) is 2.77. The van der Waals surface area contributed by atoms with Gasteiger partial charge in [0.25, 0.3) is 0 Å². The van der Waals surface area contributed by atoms with Crippen LogP contribution in [0.2, 0.25) is 0 Å². The highest BCUT2D eigenvalue weighted by Crippen LogP contribution is 2.06. The Balaban J connectivity index is 2.38. The number of hydrogen-bond acceptors (Lipinski definition) is 1. The maximum absolute atomic E-state index is 5.69. The first-order valence-electron chi connectivity index (χ1n) is 5.58. The molecule has 0 fully saturated rings. The highest BCUT2D eigenvalue weighted by atomic mass is 14.9. The third-order valence-corrected chi connectivity index (χ3v) is 2.44. The van der Waals surface area contributed by atoms with Crippen LogP contribution in [0, 0.1) is 0 Å². The van der Waals surface area contributed by atoms with Crippen molar-refractivity contribution < 1.29 is 0 Å². The molecule has 0 saturated carbocycles. The summed E-state index contributed by atoms with van der Waals surface area (Å²) < 4.78 is 0. The van der Waals surface area contributed by atoms with E-state index in [1.807, 2.05) is 13.0 Å². The molecule has 1 aromatic rings. The van der Waals surface area contributed by atoms with Crippen LogP contribution in [-0.4, -0.2) is 11.9 Å². The molecule has 0 bridgehead atoms. The molecule has 2 heteroatoms. The van der Waals surface area contributed by atoms with Crippen LogP contribution in [0.1, 0.15) is 32.3 Å². The standard InChI is InChI=1S/C13H20N2/c1-3-13(14)15-11(2)9-10-12-7-5-4-6-8-12/h4-8,11H,3,9-10H2,1-2H3,(H2,14,15). The van der Waals surface area contributed by atoms with E-state index < -0.39 is 0 Å². The summed E-state index contributed by atoms with van der Waals surface area (Å²) in [6.07, 6.45) is 2.98. The molecule has 0 aliphatic rings. The van der Waals surface area contributed by atoms with E-state index >= 15 is 0 Å². The second-order valence-corrected chi connectivity index (χ2v) is 3.85. The summed E-state index contributed by atoms with van der Waals surface area (Å²) in [7, 11) is 0. The molecule has 0 spiro atoms. The SMILES string of the molecule is CCC(N)=NC(C)CCc1ccccc1. The summed E-state index contributed by atoms with van der Waals surface area (Å²) in [5, 5.41) is 0. The lowest BCUT2D eigenvalue weighted by molar-refractivity contribution is 0.665. The lowest BCUT2D eigenvalue weighted by atomic mass is 10.1. The Morgan fingerprint density at radius 2 is 2.00 bits per heavy atom. The molecule has 0 aliphatic carbocycles. The molecule has 1 unspecified atom stereocenters. The van der Waals surface area contributed by atoms with Crippen molar-refractivity contribution in [2.75, 3.05) is 0 Å². The molecular formula is C13H20N2. The van der Waals surface area contributed by atoms with E-state index in [-0.39, 0.29) is 0 Å². The van der Waals surface area contributed by atoms with Crippen molar-refractivity contribution in [3.63, 3.8) is 0 Å². The molecular weight excluding hydrogens is 184 g/mol. The summed E-state index contributed by atoms with van der Waals surface area (Å²) in [5.74, 6) is 0.760. The Morgan fingerprint density at radius 1 is 1.33 bits per heavy atom. The van der Waals surface area contributed by atoms with Gasteiger partial charge in [-0.3, -0.25) is 4.99 Å². The largest absolute Gasteiger partial charge is 0.387 e. The van der Waals surface area contributed by atoms with Gasteiger partial charge in [0.1, 0.15) is 0 Å². The third-order valence-electron chi connectivity index (χ3n) is 2.44. The lowest BCUT2D eigenvalue weighted by Gasteiger charge is -2.07. The van der Waals surface area contributed by atoms with Crippen molar-refractivity contribution in [1.29, 1.82) is 0 Å². The molecule has 0 heterocycles. The maximum atomic E-state index is 5.69. The fourth-order valence-electron chi connectivity index (χ4n) is 1.46. The Morgan fingerprint density at radius 3 is 2.60 bits per heavy atom. The van der Waals surface area contributed by atoms with Crippen LogP contribution in [0.3, 0.4) is 0 Å². The van der Waals surface area contributed by atoms with Crippen molar-refractivity contribution in [3.05, 3.63) is 35.9 Å². The number of aliphatic imine (C=N–C) groups is 1. The maximum Gasteiger partial charge on any atom is 0.0937 e. The topological polar surface area (TPSA) is 38.4 Å². The number of nitrogens with zero attached hydrogens (tertiary/aromatic N) is 1. The second-order valence-electron chi connectivity index (χ2n) is 3.85. The van der Waals surface area contributed by atoms with Crippen molar-refractivity contribution in [2.45, 2.75) is 39.2 Å². The molecule has 0 radical (unpaired) electrons. The van der Waals surface area contributed by atoms with Gasteiger partial charge in [0.15, 0.2) is 0 Å². The summed E-state index contributed by atoms with van der Waals surface area (Å²) in [5.41, 5.74) is 7.06. The average Bonchev–Trinajstić information content (AvgIpc) is 2.27. The van der Waals surface area contributed by atoms with E-state index in [2.05, 4.69) is 36.2 Å². The van der Waals surface area contributed by atoms with Crippen LogP contribution in [-0.2, 0) is 6.42 Å². The molecule has 82 valence electrons. The fourth-order valence-corrected chi connectivity index (χ4v) is 1.46. The van der Waals surface area contributed by atoms with Gasteiger partial charge in [-0.2, -0.15) is 0 Å². The van der Waals surface area contributed by atoms with E-state index in [1.54, 1.807) is 0 Å². The molecule has 2 N–H and O–H groups in total. The minimum atomic E-state index is 0.324. The lowest BCUT2D eigenvalue weighted by Crippen LogP contribution is -2.14. The van der Waals surface area contributed by atoms with Gasteiger partial charge in [-0.25, -0.2) is 0 Å². The predicted molar refractivity (Wildman–Crippen MR) is 66.1 cm³/mol. The molecule has 0 amide bonds. The van der Waals surface area contributed by atoms with Crippen LogP contribution >= 0.6 is 0 Å². The number of nitrogens with two attached hydrogens (primary N) is 1. The zero-order chi connectivity index (χ0) is 11.1. The molecule has 1 atom stereocenters. The number of amidine groups is 1. The first kappa shape index (κ1) is 11.8.